The van der Waals surface area contributed by atoms with Crippen molar-refractivity contribution in [2.24, 2.45) is 5.41 Å². The summed E-state index contributed by atoms with van der Waals surface area (Å²) in [6, 6.07) is 7.62. The number of hydrogen-bond donors (Lipinski definition) is 1. The minimum Gasteiger partial charge on any atom is -0.310 e. The minimum absolute atomic E-state index is 0.0157. The number of anilines is 1. The second kappa shape index (κ2) is 5.59. The number of aryl methyl sites for hydroxylation is 1. The van der Waals surface area contributed by atoms with Crippen LogP contribution in [-0.2, 0) is 15.6 Å². The molecule has 2 atom stereocenters. The number of carbonyl (C=O) groups excluding carboxylic acids is 1. The lowest BCUT2D eigenvalue weighted by molar-refractivity contribution is -0.125. The van der Waals surface area contributed by atoms with Crippen molar-refractivity contribution in [3.63, 3.8) is 0 Å². The van der Waals surface area contributed by atoms with Crippen LogP contribution in [0.1, 0.15) is 62.0 Å². The first-order valence-corrected chi connectivity index (χ1v) is 9.19. The molecule has 2 aromatic heterocycles. The molecular formula is C21H20N6O. The van der Waals surface area contributed by atoms with E-state index in [9.17, 15) is 15.3 Å². The average Bonchev–Trinajstić information content (AvgIpc) is 2.98. The molecule has 1 amide bonds. The van der Waals surface area contributed by atoms with Crippen molar-refractivity contribution in [2.75, 3.05) is 5.32 Å². The number of pyridine rings is 1. The molecule has 0 spiro atoms. The summed E-state index contributed by atoms with van der Waals surface area (Å²) in [6.07, 6.45) is 3.00. The van der Waals surface area contributed by atoms with Gasteiger partial charge in [-0.3, -0.25) is 4.79 Å². The fourth-order valence-corrected chi connectivity index (χ4v) is 4.97. The predicted molar refractivity (Wildman–Crippen MR) is 101 cm³/mol. The van der Waals surface area contributed by atoms with Crippen LogP contribution in [-0.4, -0.2) is 20.9 Å². The van der Waals surface area contributed by atoms with Crippen molar-refractivity contribution in [2.45, 2.75) is 51.4 Å². The van der Waals surface area contributed by atoms with E-state index >= 15 is 0 Å². The summed E-state index contributed by atoms with van der Waals surface area (Å²) in [5.41, 5.74) is 0.193. The molecule has 2 aliphatic rings. The monoisotopic (exact) mass is 372 g/mol. The minimum atomic E-state index is -0.937. The Morgan fingerprint density at radius 1 is 1.11 bits per heavy atom. The highest BCUT2D eigenvalue weighted by Gasteiger charge is 2.73. The molecule has 7 nitrogen and oxygen atoms in total. The molecule has 140 valence electrons. The maximum atomic E-state index is 13.7. The number of nitriles is 2. The van der Waals surface area contributed by atoms with Gasteiger partial charge in [0.1, 0.15) is 18.0 Å². The van der Waals surface area contributed by atoms with Crippen LogP contribution in [0.4, 0.5) is 5.82 Å². The van der Waals surface area contributed by atoms with E-state index in [1.807, 2.05) is 45.0 Å². The molecule has 1 N–H and O–H groups in total. The van der Waals surface area contributed by atoms with Crippen molar-refractivity contribution in [1.82, 2.24) is 15.0 Å². The van der Waals surface area contributed by atoms with Gasteiger partial charge in [-0.2, -0.15) is 10.5 Å². The maximum Gasteiger partial charge on any atom is 0.238 e. The lowest BCUT2D eigenvalue weighted by Gasteiger charge is -2.39. The van der Waals surface area contributed by atoms with E-state index in [0.29, 0.717) is 23.6 Å². The number of carbonyl (C=O) groups is 1. The zero-order chi connectivity index (χ0) is 20.3. The number of nitrogens with one attached hydrogen (secondary N) is 1. The lowest BCUT2D eigenvalue weighted by Crippen LogP contribution is -2.48. The molecule has 7 heteroatoms. The van der Waals surface area contributed by atoms with Crippen molar-refractivity contribution < 1.29 is 4.79 Å². The number of hydrogen-bond acceptors (Lipinski definition) is 6. The smallest absolute Gasteiger partial charge is 0.238 e. The molecule has 0 aliphatic heterocycles. The zero-order valence-corrected chi connectivity index (χ0v) is 16.3. The first-order chi connectivity index (χ1) is 13.2. The van der Waals surface area contributed by atoms with Gasteiger partial charge in [0.25, 0.3) is 0 Å². The van der Waals surface area contributed by atoms with Gasteiger partial charge in [-0.25, -0.2) is 15.0 Å². The molecular weight excluding hydrogens is 352 g/mol. The number of aromatic nitrogens is 3. The predicted octanol–water partition coefficient (Wildman–Crippen LogP) is 2.89. The van der Waals surface area contributed by atoms with Gasteiger partial charge in [-0.15, -0.1) is 0 Å². The summed E-state index contributed by atoms with van der Waals surface area (Å²) in [4.78, 5) is 26.9. The van der Waals surface area contributed by atoms with Crippen LogP contribution in [0.2, 0.25) is 0 Å². The maximum absolute atomic E-state index is 13.7. The molecule has 1 fully saturated rings. The first-order valence-electron chi connectivity index (χ1n) is 9.19. The standard InChI is InChI=1S/C21H20N6O/c1-12-6-5-9-24-17(12)27-18(28)21-8-7-20(4,19(21,2)3)15-16(21)26-14(11-23)13(10-22)25-15/h5-6,9H,7-8H2,1-4H3,(H,24,27,28). The molecule has 2 heterocycles. The summed E-state index contributed by atoms with van der Waals surface area (Å²) in [7, 11) is 0. The fraction of sp³-hybridized carbons (Fsp3) is 0.429. The number of nitrogens with zero attached hydrogens (tertiary/aromatic N) is 5. The van der Waals surface area contributed by atoms with Gasteiger partial charge in [-0.1, -0.05) is 26.8 Å². The molecule has 0 saturated heterocycles. The van der Waals surface area contributed by atoms with Crippen LogP contribution in [0.15, 0.2) is 18.3 Å². The highest BCUT2D eigenvalue weighted by Crippen LogP contribution is 2.70. The third kappa shape index (κ3) is 1.91. The summed E-state index contributed by atoms with van der Waals surface area (Å²) in [5, 5.41) is 21.8. The summed E-state index contributed by atoms with van der Waals surface area (Å²) in [5.74, 6) is 0.325. The van der Waals surface area contributed by atoms with Crippen molar-refractivity contribution in [3.8, 4) is 12.1 Å². The molecule has 4 rings (SSSR count). The Hall–Kier alpha value is -3.32. The summed E-state index contributed by atoms with van der Waals surface area (Å²) >= 11 is 0. The SMILES string of the molecule is Cc1cccnc1NC(=O)C12CCC(C)(c3nc(C#N)c(C#N)nc31)C2(C)C. The van der Waals surface area contributed by atoms with Gasteiger partial charge in [-0.05, 0) is 36.8 Å². The highest BCUT2D eigenvalue weighted by atomic mass is 16.2. The zero-order valence-electron chi connectivity index (χ0n) is 16.3. The molecule has 1 saturated carbocycles. The van der Waals surface area contributed by atoms with E-state index in [2.05, 4.69) is 27.2 Å². The van der Waals surface area contributed by atoms with Crippen LogP contribution in [0.5, 0.6) is 0 Å². The second-order valence-corrected chi connectivity index (χ2v) is 8.33. The highest BCUT2D eigenvalue weighted by molar-refractivity contribution is 6.01. The number of fused-ring (bicyclic) bond motifs is 5. The molecule has 2 unspecified atom stereocenters. The topological polar surface area (TPSA) is 115 Å². The molecule has 2 aromatic rings. The Balaban J connectivity index is 1.93. The summed E-state index contributed by atoms with van der Waals surface area (Å²) in [6.45, 7) is 8.06. The Kier molecular flexibility index (Phi) is 3.61. The third-order valence-electron chi connectivity index (χ3n) is 7.11. The Morgan fingerprint density at radius 2 is 1.75 bits per heavy atom. The van der Waals surface area contributed by atoms with Gasteiger partial charge in [0.05, 0.1) is 16.8 Å². The quantitative estimate of drug-likeness (QED) is 0.866. The molecule has 0 radical (unpaired) electrons. The van der Waals surface area contributed by atoms with E-state index in [0.717, 1.165) is 12.0 Å². The van der Waals surface area contributed by atoms with Crippen LogP contribution < -0.4 is 5.32 Å². The van der Waals surface area contributed by atoms with Gasteiger partial charge in [0.15, 0.2) is 11.4 Å². The number of rotatable bonds is 2. The summed E-state index contributed by atoms with van der Waals surface area (Å²) < 4.78 is 0. The third-order valence-corrected chi connectivity index (χ3v) is 7.11. The van der Waals surface area contributed by atoms with Crippen LogP contribution in [0.25, 0.3) is 0 Å². The molecule has 0 aromatic carbocycles. The number of amides is 1. The normalized spacial score (nSPS) is 26.2. The Labute approximate surface area is 163 Å². The van der Waals surface area contributed by atoms with Crippen molar-refractivity contribution in [1.29, 1.82) is 10.5 Å². The van der Waals surface area contributed by atoms with E-state index in [1.54, 1.807) is 6.20 Å². The van der Waals surface area contributed by atoms with Gasteiger partial charge in [0, 0.05) is 11.6 Å². The average molecular weight is 372 g/mol. The van der Waals surface area contributed by atoms with Gasteiger partial charge < -0.3 is 5.32 Å². The Bertz CT molecular complexity index is 1110. The molecule has 28 heavy (non-hydrogen) atoms. The van der Waals surface area contributed by atoms with Crippen LogP contribution in [0, 0.1) is 35.0 Å². The van der Waals surface area contributed by atoms with Crippen LogP contribution in [0.3, 0.4) is 0 Å². The largest absolute Gasteiger partial charge is 0.310 e. The van der Waals surface area contributed by atoms with Gasteiger partial charge >= 0.3 is 0 Å². The van der Waals surface area contributed by atoms with E-state index < -0.39 is 16.2 Å². The lowest BCUT2D eigenvalue weighted by atomic mass is 9.63. The van der Waals surface area contributed by atoms with Crippen LogP contribution >= 0.6 is 0 Å². The molecule has 2 aliphatic carbocycles. The van der Waals surface area contributed by atoms with Crippen molar-refractivity contribution >= 4 is 11.7 Å². The first kappa shape index (κ1) is 18.1. The molecule has 2 bridgehead atoms. The van der Waals surface area contributed by atoms with E-state index in [4.69, 9.17) is 0 Å². The van der Waals surface area contributed by atoms with E-state index in [1.165, 1.54) is 0 Å². The van der Waals surface area contributed by atoms with E-state index in [-0.39, 0.29) is 17.3 Å². The fourth-order valence-electron chi connectivity index (χ4n) is 4.97. The van der Waals surface area contributed by atoms with Gasteiger partial charge in [0.2, 0.25) is 5.91 Å². The Morgan fingerprint density at radius 3 is 2.36 bits per heavy atom. The second-order valence-electron chi connectivity index (χ2n) is 8.33. The van der Waals surface area contributed by atoms with Crippen molar-refractivity contribution in [3.05, 3.63) is 46.7 Å².